The molecule has 152 valence electrons. The van der Waals surface area contributed by atoms with Crippen LogP contribution in [0.15, 0.2) is 83.8 Å². The highest BCUT2D eigenvalue weighted by atomic mass is 32.2. The maximum Gasteiger partial charge on any atom is 0.339 e. The normalized spacial score (nSPS) is 13.6. The number of aryl methyl sites for hydroxylation is 1. The molecule has 3 rings (SSSR count). The summed E-state index contributed by atoms with van der Waals surface area (Å²) in [6.07, 6.45) is 0.779. The predicted molar refractivity (Wildman–Crippen MR) is 114 cm³/mol. The molecule has 0 aliphatic carbocycles. The minimum atomic E-state index is -3.86. The summed E-state index contributed by atoms with van der Waals surface area (Å²) in [5, 5.41) is 0. The van der Waals surface area contributed by atoms with Crippen molar-refractivity contribution < 1.29 is 17.3 Å². The average Bonchev–Trinajstić information content (AvgIpc) is 2.73. The van der Waals surface area contributed by atoms with Crippen molar-refractivity contribution in [1.29, 1.82) is 0 Å². The van der Waals surface area contributed by atoms with Crippen molar-refractivity contribution in [1.82, 2.24) is 0 Å². The molecule has 0 amide bonds. The second-order valence-electron chi connectivity index (χ2n) is 7.23. The first-order chi connectivity index (χ1) is 13.8. The predicted octanol–water partition coefficient (Wildman–Crippen LogP) is 5.60. The summed E-state index contributed by atoms with van der Waals surface area (Å²) >= 11 is 0. The highest BCUT2D eigenvalue weighted by Crippen LogP contribution is 2.32. The Bertz CT molecular complexity index is 1030. The van der Waals surface area contributed by atoms with Crippen molar-refractivity contribution in [2.24, 2.45) is 0 Å². The third-order valence-corrected chi connectivity index (χ3v) is 6.32. The van der Waals surface area contributed by atoms with Crippen molar-refractivity contribution in [2.75, 3.05) is 0 Å². The van der Waals surface area contributed by atoms with Gasteiger partial charge in [0.15, 0.2) is 0 Å². The minimum absolute atomic E-state index is 0.136. The molecule has 4 nitrogen and oxygen atoms in total. The summed E-state index contributed by atoms with van der Waals surface area (Å²) in [6, 6.07) is 23.6. The smallest absolute Gasteiger partial charge is 0.339 e. The van der Waals surface area contributed by atoms with Crippen LogP contribution in [0.4, 0.5) is 0 Å². The zero-order chi connectivity index (χ0) is 20.9. The van der Waals surface area contributed by atoms with Crippen molar-refractivity contribution in [3.63, 3.8) is 0 Å². The number of hydrogen-bond donors (Lipinski definition) is 0. The van der Waals surface area contributed by atoms with Crippen LogP contribution in [0, 0.1) is 6.92 Å². The maximum atomic E-state index is 12.5. The largest absolute Gasteiger partial charge is 0.379 e. The van der Waals surface area contributed by atoms with Gasteiger partial charge in [-0.05, 0) is 55.7 Å². The molecule has 0 bridgehead atoms. The Kier molecular flexibility index (Phi) is 6.40. The number of benzene rings is 3. The molecule has 5 heteroatoms. The molecule has 3 aromatic carbocycles. The zero-order valence-corrected chi connectivity index (χ0v) is 17.8. The molecule has 0 saturated heterocycles. The quantitative estimate of drug-likeness (QED) is 0.453. The molecule has 3 aromatic rings. The standard InChI is InChI=1S/C24H26O4S/c1-4-24(3,27-18-20-8-6-5-7-9-20)21-12-14-22(15-13-21)28-29(25,26)23-16-10-19(2)11-17-23/h5-17H,4,18H2,1-3H3. The number of hydrogen-bond acceptors (Lipinski definition) is 4. The van der Waals surface area contributed by atoms with Gasteiger partial charge in [-0.2, -0.15) is 8.42 Å². The van der Waals surface area contributed by atoms with Gasteiger partial charge in [-0.1, -0.05) is 67.1 Å². The third kappa shape index (κ3) is 5.25. The first-order valence-electron chi connectivity index (χ1n) is 9.62. The molecule has 0 aliphatic heterocycles. The molecular formula is C24H26O4S. The Morgan fingerprint density at radius 3 is 2.07 bits per heavy atom. The monoisotopic (exact) mass is 410 g/mol. The van der Waals surface area contributed by atoms with E-state index in [1.807, 2.05) is 56.3 Å². The molecule has 0 aliphatic rings. The Balaban J connectivity index is 1.73. The summed E-state index contributed by atoms with van der Waals surface area (Å²) in [6.45, 7) is 6.51. The minimum Gasteiger partial charge on any atom is -0.379 e. The van der Waals surface area contributed by atoms with Crippen LogP contribution >= 0.6 is 0 Å². The van der Waals surface area contributed by atoms with Crippen LogP contribution < -0.4 is 4.18 Å². The molecule has 0 radical (unpaired) electrons. The maximum absolute atomic E-state index is 12.5. The van der Waals surface area contributed by atoms with Gasteiger partial charge in [0.05, 0.1) is 12.2 Å². The van der Waals surface area contributed by atoms with Gasteiger partial charge in [0.25, 0.3) is 0 Å². The summed E-state index contributed by atoms with van der Waals surface area (Å²) < 4.78 is 36.4. The fraction of sp³-hybridized carbons (Fsp3) is 0.250. The van der Waals surface area contributed by atoms with Gasteiger partial charge >= 0.3 is 10.1 Å². The Labute approximate surface area is 173 Å². The lowest BCUT2D eigenvalue weighted by molar-refractivity contribution is -0.0509. The molecule has 0 fully saturated rings. The Hall–Kier alpha value is -2.63. The fourth-order valence-corrected chi connectivity index (χ4v) is 3.88. The van der Waals surface area contributed by atoms with Crippen molar-refractivity contribution in [3.05, 3.63) is 95.6 Å². The van der Waals surface area contributed by atoms with Crippen LogP contribution in [0.5, 0.6) is 5.75 Å². The molecule has 0 spiro atoms. The molecule has 1 unspecified atom stereocenters. The molecule has 0 saturated carbocycles. The van der Waals surface area contributed by atoms with E-state index >= 15 is 0 Å². The molecule has 29 heavy (non-hydrogen) atoms. The summed E-state index contributed by atoms with van der Waals surface area (Å²) in [7, 11) is -3.86. The Morgan fingerprint density at radius 2 is 1.48 bits per heavy atom. The second-order valence-corrected chi connectivity index (χ2v) is 8.78. The third-order valence-electron chi connectivity index (χ3n) is 5.06. The van der Waals surface area contributed by atoms with Gasteiger partial charge in [0.2, 0.25) is 0 Å². The van der Waals surface area contributed by atoms with Crippen LogP contribution in [0.2, 0.25) is 0 Å². The van der Waals surface area contributed by atoms with Crippen molar-refractivity contribution in [3.8, 4) is 5.75 Å². The van der Waals surface area contributed by atoms with Gasteiger partial charge < -0.3 is 8.92 Å². The highest BCUT2D eigenvalue weighted by molar-refractivity contribution is 7.87. The van der Waals surface area contributed by atoms with Crippen molar-refractivity contribution >= 4 is 10.1 Å². The first-order valence-corrected chi connectivity index (χ1v) is 11.0. The topological polar surface area (TPSA) is 52.6 Å². The van der Waals surface area contributed by atoms with Gasteiger partial charge in [0, 0.05) is 0 Å². The summed E-state index contributed by atoms with van der Waals surface area (Å²) in [5.41, 5.74) is 2.58. The van der Waals surface area contributed by atoms with E-state index in [-0.39, 0.29) is 10.6 Å². The van der Waals surface area contributed by atoms with Crippen molar-refractivity contribution in [2.45, 2.75) is 44.3 Å². The van der Waals surface area contributed by atoms with E-state index in [1.54, 1.807) is 36.4 Å². The summed E-state index contributed by atoms with van der Waals surface area (Å²) in [5.74, 6) is 0.274. The van der Waals surface area contributed by atoms with Gasteiger partial charge in [-0.3, -0.25) is 0 Å². The molecule has 0 N–H and O–H groups in total. The summed E-state index contributed by atoms with van der Waals surface area (Å²) in [4.78, 5) is 0.136. The van der Waals surface area contributed by atoms with E-state index in [9.17, 15) is 8.42 Å². The van der Waals surface area contributed by atoms with Crippen LogP contribution in [0.3, 0.4) is 0 Å². The number of ether oxygens (including phenoxy) is 1. The average molecular weight is 411 g/mol. The molecule has 1 atom stereocenters. The SMILES string of the molecule is CCC(C)(OCc1ccccc1)c1ccc(OS(=O)(=O)c2ccc(C)cc2)cc1. The van der Waals surface area contributed by atoms with Crippen LogP contribution in [-0.4, -0.2) is 8.42 Å². The lowest BCUT2D eigenvalue weighted by atomic mass is 9.93. The van der Waals surface area contributed by atoms with E-state index in [4.69, 9.17) is 8.92 Å². The van der Waals surface area contributed by atoms with E-state index in [0.717, 1.165) is 23.1 Å². The molecule has 0 heterocycles. The van der Waals surface area contributed by atoms with Crippen LogP contribution in [0.25, 0.3) is 0 Å². The lowest BCUT2D eigenvalue weighted by Crippen LogP contribution is -2.24. The van der Waals surface area contributed by atoms with Gasteiger partial charge in [-0.25, -0.2) is 0 Å². The lowest BCUT2D eigenvalue weighted by Gasteiger charge is -2.29. The molecular weight excluding hydrogens is 384 g/mol. The van der Waals surface area contributed by atoms with Gasteiger partial charge in [-0.15, -0.1) is 0 Å². The molecule has 0 aromatic heterocycles. The first kappa shape index (κ1) is 21.1. The van der Waals surface area contributed by atoms with E-state index < -0.39 is 15.7 Å². The Morgan fingerprint density at radius 1 is 0.862 bits per heavy atom. The highest BCUT2D eigenvalue weighted by Gasteiger charge is 2.26. The second kappa shape index (κ2) is 8.80. The zero-order valence-electron chi connectivity index (χ0n) is 17.0. The van der Waals surface area contributed by atoms with Crippen LogP contribution in [0.1, 0.15) is 37.0 Å². The van der Waals surface area contributed by atoms with E-state index in [0.29, 0.717) is 6.61 Å². The number of rotatable bonds is 8. The van der Waals surface area contributed by atoms with Gasteiger partial charge in [0.1, 0.15) is 10.6 Å². The van der Waals surface area contributed by atoms with E-state index in [2.05, 4.69) is 6.92 Å². The van der Waals surface area contributed by atoms with Crippen LogP contribution in [-0.2, 0) is 27.1 Å². The fourth-order valence-electron chi connectivity index (χ4n) is 2.95. The van der Waals surface area contributed by atoms with E-state index in [1.165, 1.54) is 0 Å².